The van der Waals surface area contributed by atoms with Crippen molar-refractivity contribution >= 4 is 15.0 Å². The average molecular weight is 289 g/mol. The minimum atomic E-state index is 0.795. The molecule has 0 aromatic rings. The van der Waals surface area contributed by atoms with Gasteiger partial charge in [-0.05, 0) is 0 Å². The molecule has 0 saturated heterocycles. The van der Waals surface area contributed by atoms with Crippen molar-refractivity contribution < 1.29 is 0 Å². The molecule has 0 aromatic heterocycles. The van der Waals surface area contributed by atoms with Gasteiger partial charge in [0.15, 0.2) is 0 Å². The van der Waals surface area contributed by atoms with Crippen LogP contribution >= 0.6 is 0 Å². The third kappa shape index (κ3) is 8.42. The molecule has 0 unspecified atom stereocenters. The van der Waals surface area contributed by atoms with Crippen molar-refractivity contribution in [2.45, 2.75) is 84.4 Å². The van der Waals surface area contributed by atoms with Gasteiger partial charge in [-0.25, -0.2) is 0 Å². The van der Waals surface area contributed by atoms with Crippen LogP contribution in [0.1, 0.15) is 79.1 Å². The molecule has 0 amide bonds. The molecule has 0 spiro atoms. The second-order valence-corrected chi connectivity index (χ2v) is 7.11. The van der Waals surface area contributed by atoms with Crippen molar-refractivity contribution in [2.24, 2.45) is 0 Å². The maximum absolute atomic E-state index is 2.38. The summed E-state index contributed by atoms with van der Waals surface area (Å²) in [4.78, 5) is 0. The Morgan fingerprint density at radius 3 is 1.94 bits per heavy atom. The third-order valence-corrected chi connectivity index (χ3v) is 5.84. The molecule has 0 aliphatic heterocycles. The summed E-state index contributed by atoms with van der Waals surface area (Å²) in [6.45, 7) is 9.28. The van der Waals surface area contributed by atoms with Gasteiger partial charge in [-0.2, -0.15) is 0 Å². The molecule has 0 saturated carbocycles. The van der Waals surface area contributed by atoms with Crippen LogP contribution in [0.15, 0.2) is 10.0 Å². The normalized spacial score (nSPS) is 12.8. The van der Waals surface area contributed by atoms with Crippen molar-refractivity contribution in [1.29, 1.82) is 0 Å². The van der Waals surface area contributed by atoms with Gasteiger partial charge >= 0.3 is 109 Å². The summed E-state index contributed by atoms with van der Waals surface area (Å²) < 4.78 is 1.84. The van der Waals surface area contributed by atoms with Crippen LogP contribution in [0, 0.1) is 0 Å². The first kappa shape index (κ1) is 16.3. The van der Waals surface area contributed by atoms with Crippen LogP contribution in [-0.4, -0.2) is 15.0 Å². The summed E-state index contributed by atoms with van der Waals surface area (Å²) in [5.41, 5.74) is 1.73. The molecule has 0 N–H and O–H groups in total. The first-order valence-corrected chi connectivity index (χ1v) is 9.14. The van der Waals surface area contributed by atoms with E-state index in [1.165, 1.54) is 56.7 Å². The molecule has 0 nitrogen and oxygen atoms in total. The Kier molecular flexibility index (Phi) is 11.9. The fraction of sp³-hybridized carbons (Fsp3) is 0.867. The molecule has 0 aliphatic rings. The number of unbranched alkanes of at least 4 members (excludes halogenated alkanes) is 3. The van der Waals surface area contributed by atoms with Crippen molar-refractivity contribution in [3.05, 3.63) is 10.0 Å². The standard InChI is InChI=1S/C15H30Se/c1-5-8-11-14(4)15(12-9-6-2)16-13-10-7-3/h5-13H2,1-4H3/b15-14+. The first-order valence-electron chi connectivity index (χ1n) is 7.07. The van der Waals surface area contributed by atoms with Gasteiger partial charge < -0.3 is 0 Å². The van der Waals surface area contributed by atoms with Crippen LogP contribution < -0.4 is 0 Å². The Labute approximate surface area is 109 Å². The molecule has 0 fully saturated rings. The Morgan fingerprint density at radius 1 is 0.812 bits per heavy atom. The summed E-state index contributed by atoms with van der Waals surface area (Å²) in [5, 5.41) is 1.46. The zero-order chi connectivity index (χ0) is 12.2. The van der Waals surface area contributed by atoms with Crippen LogP contribution in [0.25, 0.3) is 0 Å². The molecular formula is C15H30Se. The molecule has 0 radical (unpaired) electrons. The maximum atomic E-state index is 2.38. The topological polar surface area (TPSA) is 0 Å². The van der Waals surface area contributed by atoms with E-state index in [1.807, 2.05) is 4.47 Å². The number of rotatable bonds is 10. The van der Waals surface area contributed by atoms with Crippen molar-refractivity contribution in [1.82, 2.24) is 0 Å². The van der Waals surface area contributed by atoms with Crippen LogP contribution in [-0.2, 0) is 0 Å². The summed E-state index contributed by atoms with van der Waals surface area (Å²) in [6, 6.07) is 0. The summed E-state index contributed by atoms with van der Waals surface area (Å²) in [6.07, 6.45) is 11.0. The van der Waals surface area contributed by atoms with Gasteiger partial charge in [-0.15, -0.1) is 0 Å². The van der Waals surface area contributed by atoms with E-state index in [1.54, 1.807) is 5.57 Å². The number of hydrogen-bond donors (Lipinski definition) is 0. The minimum absolute atomic E-state index is 0.795. The van der Waals surface area contributed by atoms with Crippen molar-refractivity contribution in [2.75, 3.05) is 0 Å². The summed E-state index contributed by atoms with van der Waals surface area (Å²) >= 11 is 0.795. The van der Waals surface area contributed by atoms with Gasteiger partial charge in [-0.1, -0.05) is 0 Å². The molecular weight excluding hydrogens is 259 g/mol. The van der Waals surface area contributed by atoms with Crippen LogP contribution in [0.5, 0.6) is 0 Å². The molecule has 96 valence electrons. The second kappa shape index (κ2) is 11.7. The van der Waals surface area contributed by atoms with E-state index in [2.05, 4.69) is 27.7 Å². The molecule has 0 rings (SSSR count). The van der Waals surface area contributed by atoms with E-state index in [9.17, 15) is 0 Å². The van der Waals surface area contributed by atoms with E-state index < -0.39 is 0 Å². The van der Waals surface area contributed by atoms with Crippen molar-refractivity contribution in [3.8, 4) is 0 Å². The Bertz CT molecular complexity index is 182. The van der Waals surface area contributed by atoms with Gasteiger partial charge in [0.25, 0.3) is 0 Å². The van der Waals surface area contributed by atoms with Gasteiger partial charge in [0.05, 0.1) is 0 Å². The predicted molar refractivity (Wildman–Crippen MR) is 77.2 cm³/mol. The SMILES string of the molecule is CCCC[Se]/C(CCCC)=C(\C)CCCC. The van der Waals surface area contributed by atoms with E-state index in [4.69, 9.17) is 0 Å². The van der Waals surface area contributed by atoms with Crippen LogP contribution in [0.4, 0.5) is 0 Å². The average Bonchev–Trinajstić information content (AvgIpc) is 2.30. The number of hydrogen-bond acceptors (Lipinski definition) is 0. The predicted octanol–water partition coefficient (Wildman–Crippen LogP) is 5.56. The van der Waals surface area contributed by atoms with Crippen molar-refractivity contribution in [3.63, 3.8) is 0 Å². The summed E-state index contributed by atoms with van der Waals surface area (Å²) in [5.74, 6) is 0. The first-order chi connectivity index (χ1) is 7.76. The fourth-order valence-electron chi connectivity index (χ4n) is 1.67. The molecule has 0 aromatic carbocycles. The molecule has 1 heteroatoms. The van der Waals surface area contributed by atoms with Gasteiger partial charge in [-0.3, -0.25) is 0 Å². The molecule has 0 heterocycles. The van der Waals surface area contributed by atoms with Crippen LogP contribution in [0.3, 0.4) is 0 Å². The fourth-order valence-corrected chi connectivity index (χ4v) is 4.43. The zero-order valence-electron chi connectivity index (χ0n) is 11.8. The summed E-state index contributed by atoms with van der Waals surface area (Å²) in [7, 11) is 0. The van der Waals surface area contributed by atoms with E-state index >= 15 is 0 Å². The molecule has 0 bridgehead atoms. The van der Waals surface area contributed by atoms with E-state index in [0.717, 1.165) is 15.0 Å². The number of allylic oxidation sites excluding steroid dienone is 2. The monoisotopic (exact) mass is 290 g/mol. The van der Waals surface area contributed by atoms with Gasteiger partial charge in [0.1, 0.15) is 0 Å². The second-order valence-electron chi connectivity index (χ2n) is 4.61. The Morgan fingerprint density at radius 2 is 1.38 bits per heavy atom. The third-order valence-electron chi connectivity index (χ3n) is 2.91. The molecule has 16 heavy (non-hydrogen) atoms. The molecule has 0 atom stereocenters. The van der Waals surface area contributed by atoms with E-state index in [0.29, 0.717) is 0 Å². The molecule has 0 aliphatic carbocycles. The van der Waals surface area contributed by atoms with Gasteiger partial charge in [0.2, 0.25) is 0 Å². The Hall–Kier alpha value is 0.259. The van der Waals surface area contributed by atoms with Gasteiger partial charge in [0, 0.05) is 0 Å². The van der Waals surface area contributed by atoms with Crippen LogP contribution in [0.2, 0.25) is 5.32 Å². The zero-order valence-corrected chi connectivity index (χ0v) is 13.5. The van der Waals surface area contributed by atoms with E-state index in [-0.39, 0.29) is 0 Å². The Balaban J connectivity index is 4.13. The quantitative estimate of drug-likeness (QED) is 0.364.